The topological polar surface area (TPSA) is 99.0 Å². The molecule has 1 heterocycles. The van der Waals surface area contributed by atoms with Gasteiger partial charge in [0.05, 0.1) is 27.1 Å². The van der Waals surface area contributed by atoms with Crippen LogP contribution in [0.2, 0.25) is 0 Å². The Bertz CT molecular complexity index is 1140. The average molecular weight is 550 g/mol. The number of imide groups is 1. The third-order valence-electron chi connectivity index (χ3n) is 4.18. The molecule has 8 nitrogen and oxygen atoms in total. The number of nitrogens with zero attached hydrogens (tertiary/aromatic N) is 2. The molecular formula is C21H15IN2O6S. The number of terminal acetylenes is 1. The van der Waals surface area contributed by atoms with E-state index in [0.29, 0.717) is 26.2 Å². The summed E-state index contributed by atoms with van der Waals surface area (Å²) in [6.07, 6.45) is 6.80. The van der Waals surface area contributed by atoms with Crippen molar-refractivity contribution in [2.24, 2.45) is 0 Å². The minimum atomic E-state index is -0.464. The van der Waals surface area contributed by atoms with E-state index in [1.54, 1.807) is 30.3 Å². The van der Waals surface area contributed by atoms with Gasteiger partial charge in [-0.1, -0.05) is 18.1 Å². The van der Waals surface area contributed by atoms with Gasteiger partial charge in [-0.2, -0.15) is 0 Å². The molecule has 0 bridgehead atoms. The lowest BCUT2D eigenvalue weighted by Crippen LogP contribution is -2.28. The van der Waals surface area contributed by atoms with Crippen molar-refractivity contribution < 1.29 is 24.0 Å². The van der Waals surface area contributed by atoms with E-state index >= 15 is 0 Å². The van der Waals surface area contributed by atoms with Crippen LogP contribution in [0.4, 0.5) is 10.5 Å². The van der Waals surface area contributed by atoms with Gasteiger partial charge in [-0.3, -0.25) is 24.6 Å². The van der Waals surface area contributed by atoms with Crippen LogP contribution in [0.25, 0.3) is 6.08 Å². The van der Waals surface area contributed by atoms with Crippen molar-refractivity contribution in [1.82, 2.24) is 4.90 Å². The summed E-state index contributed by atoms with van der Waals surface area (Å²) in [7, 11) is 1.48. The van der Waals surface area contributed by atoms with Crippen molar-refractivity contribution in [3.8, 4) is 23.8 Å². The van der Waals surface area contributed by atoms with E-state index in [1.807, 2.05) is 0 Å². The summed E-state index contributed by atoms with van der Waals surface area (Å²) in [6.45, 7) is 0.0334. The zero-order valence-corrected chi connectivity index (χ0v) is 19.1. The van der Waals surface area contributed by atoms with Crippen LogP contribution in [0, 0.1) is 26.0 Å². The van der Waals surface area contributed by atoms with Gasteiger partial charge in [0.25, 0.3) is 16.8 Å². The molecule has 0 saturated carbocycles. The van der Waals surface area contributed by atoms with Crippen LogP contribution in [0.3, 0.4) is 0 Å². The second-order valence-corrected chi connectivity index (χ2v) is 8.38. The van der Waals surface area contributed by atoms with Gasteiger partial charge in [0, 0.05) is 12.1 Å². The Morgan fingerprint density at radius 2 is 2.10 bits per heavy atom. The number of non-ortho nitro benzene ring substituents is 1. The highest BCUT2D eigenvalue weighted by Crippen LogP contribution is 2.37. The van der Waals surface area contributed by atoms with Crippen molar-refractivity contribution in [1.29, 1.82) is 0 Å². The van der Waals surface area contributed by atoms with Gasteiger partial charge in [-0.05, 0) is 63.7 Å². The van der Waals surface area contributed by atoms with E-state index in [0.717, 1.165) is 16.7 Å². The van der Waals surface area contributed by atoms with E-state index < -0.39 is 16.1 Å². The average Bonchev–Trinajstić information content (AvgIpc) is 3.00. The molecule has 0 N–H and O–H groups in total. The summed E-state index contributed by atoms with van der Waals surface area (Å²) >= 11 is 2.89. The Labute approximate surface area is 195 Å². The summed E-state index contributed by atoms with van der Waals surface area (Å²) < 4.78 is 12.0. The van der Waals surface area contributed by atoms with Gasteiger partial charge in [0.1, 0.15) is 6.61 Å². The molecule has 1 saturated heterocycles. The number of carbonyl (C=O) groups is 2. The SMILES string of the molecule is C#CCN1C(=O)S/C(=C/c2cc(I)c(OCc3cccc([N+](=O)[O-])c3)c(OC)c2)C1=O. The number of nitro groups is 1. The lowest BCUT2D eigenvalue weighted by atomic mass is 10.1. The molecule has 31 heavy (non-hydrogen) atoms. The summed E-state index contributed by atoms with van der Waals surface area (Å²) in [4.78, 5) is 36.1. The Morgan fingerprint density at radius 3 is 2.77 bits per heavy atom. The summed E-state index contributed by atoms with van der Waals surface area (Å²) in [5, 5.41) is 10.5. The molecule has 158 valence electrons. The Morgan fingerprint density at radius 1 is 1.32 bits per heavy atom. The van der Waals surface area contributed by atoms with Gasteiger partial charge >= 0.3 is 0 Å². The number of amides is 2. The van der Waals surface area contributed by atoms with Crippen LogP contribution in [-0.4, -0.2) is 34.6 Å². The van der Waals surface area contributed by atoms with E-state index in [1.165, 1.54) is 19.2 Å². The number of nitro benzene ring substituents is 1. The Hall–Kier alpha value is -3.04. The van der Waals surface area contributed by atoms with Gasteiger partial charge in [-0.25, -0.2) is 0 Å². The number of rotatable bonds is 7. The first-order valence-electron chi connectivity index (χ1n) is 8.76. The van der Waals surface area contributed by atoms with Crippen LogP contribution in [0.1, 0.15) is 11.1 Å². The van der Waals surface area contributed by atoms with E-state index in [-0.39, 0.29) is 23.7 Å². The number of methoxy groups -OCH3 is 1. The predicted molar refractivity (Wildman–Crippen MR) is 125 cm³/mol. The second-order valence-electron chi connectivity index (χ2n) is 6.22. The molecule has 1 fully saturated rings. The van der Waals surface area contributed by atoms with E-state index in [2.05, 4.69) is 28.5 Å². The number of benzene rings is 2. The molecule has 1 aliphatic rings. The van der Waals surface area contributed by atoms with Crippen LogP contribution in [0.5, 0.6) is 11.5 Å². The third kappa shape index (κ3) is 5.18. The smallest absolute Gasteiger partial charge is 0.294 e. The van der Waals surface area contributed by atoms with Crippen molar-refractivity contribution >= 4 is 57.3 Å². The normalized spacial score (nSPS) is 14.6. The lowest BCUT2D eigenvalue weighted by Gasteiger charge is -2.14. The number of hydrogen-bond donors (Lipinski definition) is 0. The first-order chi connectivity index (χ1) is 14.8. The Balaban J connectivity index is 1.83. The molecule has 2 amide bonds. The third-order valence-corrected chi connectivity index (χ3v) is 5.89. The van der Waals surface area contributed by atoms with Crippen LogP contribution in [-0.2, 0) is 11.4 Å². The highest BCUT2D eigenvalue weighted by Gasteiger charge is 2.34. The summed E-state index contributed by atoms with van der Waals surface area (Å²) in [5.41, 5.74) is 1.27. The van der Waals surface area contributed by atoms with E-state index in [9.17, 15) is 19.7 Å². The quantitative estimate of drug-likeness (QED) is 0.165. The van der Waals surface area contributed by atoms with Gasteiger partial charge in [0.2, 0.25) is 0 Å². The van der Waals surface area contributed by atoms with Gasteiger partial charge < -0.3 is 9.47 Å². The van der Waals surface area contributed by atoms with Crippen LogP contribution < -0.4 is 9.47 Å². The zero-order valence-electron chi connectivity index (χ0n) is 16.2. The van der Waals surface area contributed by atoms with Crippen LogP contribution >= 0.6 is 34.4 Å². The van der Waals surface area contributed by atoms with Gasteiger partial charge in [0.15, 0.2) is 11.5 Å². The molecule has 2 aromatic carbocycles. The number of halogens is 1. The molecule has 0 aromatic heterocycles. The first kappa shape index (κ1) is 22.6. The monoisotopic (exact) mass is 550 g/mol. The molecule has 0 aliphatic carbocycles. The molecule has 1 aliphatic heterocycles. The highest BCUT2D eigenvalue weighted by molar-refractivity contribution is 14.1. The minimum absolute atomic E-state index is 0.0168. The number of hydrogen-bond acceptors (Lipinski definition) is 7. The van der Waals surface area contributed by atoms with Crippen molar-refractivity contribution in [2.75, 3.05) is 13.7 Å². The van der Waals surface area contributed by atoms with Crippen molar-refractivity contribution in [2.45, 2.75) is 6.61 Å². The van der Waals surface area contributed by atoms with Crippen LogP contribution in [0.15, 0.2) is 41.3 Å². The molecular weight excluding hydrogens is 535 g/mol. The predicted octanol–water partition coefficient (Wildman–Crippen LogP) is 4.46. The fraction of sp³-hybridized carbons (Fsp3) is 0.143. The fourth-order valence-electron chi connectivity index (χ4n) is 2.76. The Kier molecular flexibility index (Phi) is 7.19. The molecule has 10 heteroatoms. The standard InChI is InChI=1S/C21H15IN2O6S/c1-3-7-23-20(25)18(31-21(23)26)11-14-9-16(22)19(17(10-14)29-2)30-12-13-5-4-6-15(8-13)24(27)28/h1,4-6,8-11H,7,12H2,2H3/b18-11+. The fourth-order valence-corrected chi connectivity index (χ4v) is 4.38. The summed E-state index contributed by atoms with van der Waals surface area (Å²) in [6, 6.07) is 9.64. The maximum atomic E-state index is 12.4. The number of carbonyl (C=O) groups excluding carboxylic acids is 2. The molecule has 0 radical (unpaired) electrons. The van der Waals surface area contributed by atoms with E-state index in [4.69, 9.17) is 15.9 Å². The highest BCUT2D eigenvalue weighted by atomic mass is 127. The summed E-state index contributed by atoms with van der Waals surface area (Å²) in [5.74, 6) is 2.75. The number of thioether (sulfide) groups is 1. The molecule has 0 atom stereocenters. The number of ether oxygens (including phenoxy) is 2. The lowest BCUT2D eigenvalue weighted by molar-refractivity contribution is -0.384. The maximum Gasteiger partial charge on any atom is 0.294 e. The molecule has 0 unspecified atom stereocenters. The zero-order chi connectivity index (χ0) is 22.5. The van der Waals surface area contributed by atoms with Crippen molar-refractivity contribution in [3.05, 3.63) is 66.1 Å². The van der Waals surface area contributed by atoms with Crippen molar-refractivity contribution in [3.63, 3.8) is 0 Å². The van der Waals surface area contributed by atoms with Gasteiger partial charge in [-0.15, -0.1) is 6.42 Å². The molecule has 0 spiro atoms. The minimum Gasteiger partial charge on any atom is -0.493 e. The molecule has 2 aromatic rings. The molecule has 3 rings (SSSR count). The first-order valence-corrected chi connectivity index (χ1v) is 10.7. The maximum absolute atomic E-state index is 12.4. The largest absolute Gasteiger partial charge is 0.493 e. The second kappa shape index (κ2) is 9.84.